The first-order chi connectivity index (χ1) is 12.8. The van der Waals surface area contributed by atoms with Crippen LogP contribution in [0.1, 0.15) is 45.6 Å². The van der Waals surface area contributed by atoms with E-state index in [1.54, 1.807) is 0 Å². The van der Waals surface area contributed by atoms with Crippen LogP contribution in [0.5, 0.6) is 0 Å². The molecule has 0 aromatic heterocycles. The number of hydrogen-bond donors (Lipinski definition) is 0. The lowest BCUT2D eigenvalue weighted by atomic mass is 10.00. The summed E-state index contributed by atoms with van der Waals surface area (Å²) in [6.07, 6.45) is 2.19. The van der Waals surface area contributed by atoms with Gasteiger partial charge in [-0.15, -0.1) is 0 Å². The van der Waals surface area contributed by atoms with Crippen LogP contribution in [0.3, 0.4) is 0 Å². The van der Waals surface area contributed by atoms with Gasteiger partial charge in [-0.3, -0.25) is 4.79 Å². The van der Waals surface area contributed by atoms with Crippen LogP contribution in [-0.4, -0.2) is 28.5 Å². The van der Waals surface area contributed by atoms with Crippen LogP contribution in [-0.2, 0) is 16.0 Å². The molecule has 4 heteroatoms. The normalized spacial score (nSPS) is 17.2. The van der Waals surface area contributed by atoms with Crippen molar-refractivity contribution < 1.29 is 14.3 Å². The molecule has 0 unspecified atom stereocenters. The Labute approximate surface area is 161 Å². The molecular weight excluding hydrogens is 338 g/mol. The number of nitrogens with zero attached hydrogens (tertiary/aromatic N) is 1. The first kappa shape index (κ1) is 19.2. The SMILES string of the molecule is CC(C)(C)OC(=O)N1C(=O)CC[C@H]1CCc1ccc(-c2ccccc2)cc1. The van der Waals surface area contributed by atoms with E-state index in [2.05, 4.69) is 36.4 Å². The third-order valence-corrected chi connectivity index (χ3v) is 4.74. The first-order valence-electron chi connectivity index (χ1n) is 9.53. The number of carbonyl (C=O) groups excluding carboxylic acids is 2. The van der Waals surface area contributed by atoms with Crippen molar-refractivity contribution in [3.8, 4) is 11.1 Å². The Balaban J connectivity index is 1.62. The molecule has 3 rings (SSSR count). The molecule has 1 aliphatic rings. The van der Waals surface area contributed by atoms with Gasteiger partial charge in [-0.2, -0.15) is 0 Å². The third kappa shape index (κ3) is 4.97. The van der Waals surface area contributed by atoms with Gasteiger partial charge in [0.15, 0.2) is 0 Å². The Morgan fingerprint density at radius 3 is 2.30 bits per heavy atom. The van der Waals surface area contributed by atoms with Crippen LogP contribution < -0.4 is 0 Å². The van der Waals surface area contributed by atoms with E-state index in [-0.39, 0.29) is 11.9 Å². The maximum Gasteiger partial charge on any atom is 0.417 e. The van der Waals surface area contributed by atoms with E-state index in [9.17, 15) is 9.59 Å². The van der Waals surface area contributed by atoms with Gasteiger partial charge in [0.2, 0.25) is 5.91 Å². The Morgan fingerprint density at radius 2 is 1.67 bits per heavy atom. The average Bonchev–Trinajstić information content (AvgIpc) is 3.00. The van der Waals surface area contributed by atoms with Crippen molar-refractivity contribution in [3.05, 3.63) is 60.2 Å². The number of imide groups is 1. The second kappa shape index (κ2) is 7.95. The minimum absolute atomic E-state index is 0.0823. The van der Waals surface area contributed by atoms with Crippen molar-refractivity contribution in [1.82, 2.24) is 4.90 Å². The van der Waals surface area contributed by atoms with Crippen molar-refractivity contribution in [1.29, 1.82) is 0 Å². The molecule has 1 atom stereocenters. The van der Waals surface area contributed by atoms with Crippen molar-refractivity contribution >= 4 is 12.0 Å². The van der Waals surface area contributed by atoms with Gasteiger partial charge in [-0.1, -0.05) is 54.6 Å². The molecule has 142 valence electrons. The summed E-state index contributed by atoms with van der Waals surface area (Å²) in [7, 11) is 0. The zero-order chi connectivity index (χ0) is 19.4. The van der Waals surface area contributed by atoms with Crippen molar-refractivity contribution in [2.45, 2.75) is 58.1 Å². The van der Waals surface area contributed by atoms with Gasteiger partial charge in [0.1, 0.15) is 5.60 Å². The summed E-state index contributed by atoms with van der Waals surface area (Å²) >= 11 is 0. The van der Waals surface area contributed by atoms with Gasteiger partial charge in [-0.25, -0.2) is 9.69 Å². The molecule has 0 saturated carbocycles. The number of benzene rings is 2. The van der Waals surface area contributed by atoms with Gasteiger partial charge >= 0.3 is 6.09 Å². The van der Waals surface area contributed by atoms with Gasteiger partial charge in [0.05, 0.1) is 0 Å². The van der Waals surface area contributed by atoms with E-state index < -0.39 is 11.7 Å². The van der Waals surface area contributed by atoms with Gasteiger partial charge in [0, 0.05) is 12.5 Å². The van der Waals surface area contributed by atoms with Crippen LogP contribution >= 0.6 is 0 Å². The van der Waals surface area contributed by atoms with E-state index in [0.29, 0.717) is 12.8 Å². The molecule has 2 amide bonds. The van der Waals surface area contributed by atoms with Crippen LogP contribution in [0.15, 0.2) is 54.6 Å². The molecule has 2 aromatic carbocycles. The minimum atomic E-state index is -0.599. The molecule has 2 aromatic rings. The second-order valence-electron chi connectivity index (χ2n) is 8.04. The van der Waals surface area contributed by atoms with E-state index in [0.717, 1.165) is 12.8 Å². The quantitative estimate of drug-likeness (QED) is 0.747. The number of aryl methyl sites for hydroxylation is 1. The second-order valence-corrected chi connectivity index (χ2v) is 8.04. The maximum atomic E-state index is 12.4. The highest BCUT2D eigenvalue weighted by atomic mass is 16.6. The lowest BCUT2D eigenvalue weighted by Crippen LogP contribution is -2.42. The molecule has 27 heavy (non-hydrogen) atoms. The standard InChI is InChI=1S/C23H27NO3/c1-23(2,3)27-22(26)24-20(15-16-21(24)25)14-11-17-9-12-19(13-10-17)18-7-5-4-6-8-18/h4-10,12-13,20H,11,14-16H2,1-3H3/t20-/m1/s1. The highest BCUT2D eigenvalue weighted by Crippen LogP contribution is 2.26. The van der Waals surface area contributed by atoms with Gasteiger partial charge in [0.25, 0.3) is 0 Å². The fraction of sp³-hybridized carbons (Fsp3) is 0.391. The molecule has 1 aliphatic heterocycles. The van der Waals surface area contributed by atoms with E-state index in [4.69, 9.17) is 4.74 Å². The summed E-state index contributed by atoms with van der Waals surface area (Å²) in [5.74, 6) is -0.131. The zero-order valence-corrected chi connectivity index (χ0v) is 16.3. The summed E-state index contributed by atoms with van der Waals surface area (Å²) in [5, 5.41) is 0. The Bertz CT molecular complexity index is 791. The number of likely N-dealkylation sites (tertiary alicyclic amines) is 1. The molecule has 0 bridgehead atoms. The highest BCUT2D eigenvalue weighted by molar-refractivity contribution is 5.94. The fourth-order valence-corrected chi connectivity index (χ4v) is 3.41. The molecule has 1 heterocycles. The van der Waals surface area contributed by atoms with Crippen LogP contribution in [0.25, 0.3) is 11.1 Å². The number of ether oxygens (including phenoxy) is 1. The summed E-state index contributed by atoms with van der Waals surface area (Å²) < 4.78 is 5.41. The Hall–Kier alpha value is -2.62. The average molecular weight is 365 g/mol. The number of carbonyl (C=O) groups is 2. The Kier molecular flexibility index (Phi) is 5.64. The first-order valence-corrected chi connectivity index (χ1v) is 9.53. The molecule has 0 aliphatic carbocycles. The summed E-state index contributed by atoms with van der Waals surface area (Å²) in [5.41, 5.74) is 2.99. The molecular formula is C23H27NO3. The maximum absolute atomic E-state index is 12.4. The van der Waals surface area contributed by atoms with Crippen molar-refractivity contribution in [2.24, 2.45) is 0 Å². The van der Waals surface area contributed by atoms with Crippen LogP contribution in [0.4, 0.5) is 4.79 Å². The van der Waals surface area contributed by atoms with Gasteiger partial charge in [-0.05, 0) is 56.7 Å². The molecule has 1 fully saturated rings. The smallest absolute Gasteiger partial charge is 0.417 e. The lowest BCUT2D eigenvalue weighted by molar-refractivity contribution is -0.128. The van der Waals surface area contributed by atoms with E-state index in [1.165, 1.54) is 21.6 Å². The van der Waals surface area contributed by atoms with Crippen LogP contribution in [0.2, 0.25) is 0 Å². The number of amides is 2. The molecule has 1 saturated heterocycles. The highest BCUT2D eigenvalue weighted by Gasteiger charge is 2.38. The van der Waals surface area contributed by atoms with Crippen molar-refractivity contribution in [3.63, 3.8) is 0 Å². The predicted octanol–water partition coefficient (Wildman–Crippen LogP) is 5.21. The van der Waals surface area contributed by atoms with Gasteiger partial charge < -0.3 is 4.74 Å². The molecule has 0 radical (unpaired) electrons. The monoisotopic (exact) mass is 365 g/mol. The molecule has 0 N–H and O–H groups in total. The van der Waals surface area contributed by atoms with Crippen LogP contribution in [0, 0.1) is 0 Å². The largest absolute Gasteiger partial charge is 0.443 e. The summed E-state index contributed by atoms with van der Waals surface area (Å²) in [6, 6.07) is 18.7. The minimum Gasteiger partial charge on any atom is -0.443 e. The van der Waals surface area contributed by atoms with E-state index in [1.807, 2.05) is 39.0 Å². The summed E-state index contributed by atoms with van der Waals surface area (Å²) in [4.78, 5) is 25.9. The fourth-order valence-electron chi connectivity index (χ4n) is 3.41. The van der Waals surface area contributed by atoms with E-state index >= 15 is 0 Å². The number of hydrogen-bond acceptors (Lipinski definition) is 3. The topological polar surface area (TPSA) is 46.6 Å². The zero-order valence-electron chi connectivity index (χ0n) is 16.3. The van der Waals surface area contributed by atoms with Crippen molar-refractivity contribution in [2.75, 3.05) is 0 Å². The molecule has 4 nitrogen and oxygen atoms in total. The molecule has 0 spiro atoms. The number of rotatable bonds is 4. The Morgan fingerprint density at radius 1 is 1.04 bits per heavy atom. The third-order valence-electron chi connectivity index (χ3n) is 4.74. The predicted molar refractivity (Wildman–Crippen MR) is 106 cm³/mol. The lowest BCUT2D eigenvalue weighted by Gasteiger charge is -2.27. The summed E-state index contributed by atoms with van der Waals surface area (Å²) in [6.45, 7) is 5.44.